The van der Waals surface area contributed by atoms with Crippen molar-refractivity contribution in [1.82, 2.24) is 10.2 Å². The molecule has 0 unspecified atom stereocenters. The number of halogens is 1. The van der Waals surface area contributed by atoms with Crippen molar-refractivity contribution in [3.05, 3.63) is 0 Å². The van der Waals surface area contributed by atoms with E-state index < -0.39 is 0 Å². The maximum absolute atomic E-state index is 5.27. The standard InChI is InChI=1S/C8H18N2O.ClH/c1-2-11-8-7-10-5-3-9-4-6-10;/h9H,2-8H2,1H3;1H. The lowest BCUT2D eigenvalue weighted by Gasteiger charge is -2.26. The van der Waals surface area contributed by atoms with Gasteiger partial charge in [-0.05, 0) is 6.92 Å². The highest BCUT2D eigenvalue weighted by molar-refractivity contribution is 5.85. The van der Waals surface area contributed by atoms with Crippen LogP contribution in [0.15, 0.2) is 0 Å². The molecule has 0 radical (unpaired) electrons. The third-order valence-electron chi connectivity index (χ3n) is 1.97. The maximum Gasteiger partial charge on any atom is 0.0593 e. The van der Waals surface area contributed by atoms with E-state index >= 15 is 0 Å². The van der Waals surface area contributed by atoms with Crippen LogP contribution in [0.1, 0.15) is 6.92 Å². The molecule has 12 heavy (non-hydrogen) atoms. The maximum atomic E-state index is 5.27. The summed E-state index contributed by atoms with van der Waals surface area (Å²) < 4.78 is 5.27. The summed E-state index contributed by atoms with van der Waals surface area (Å²) in [5.74, 6) is 0. The molecule has 0 saturated carbocycles. The molecule has 0 aliphatic carbocycles. The molecule has 1 rings (SSSR count). The van der Waals surface area contributed by atoms with Crippen LogP contribution in [-0.4, -0.2) is 50.8 Å². The van der Waals surface area contributed by atoms with Crippen LogP contribution in [0.2, 0.25) is 0 Å². The van der Waals surface area contributed by atoms with Gasteiger partial charge in [-0.25, -0.2) is 0 Å². The highest BCUT2D eigenvalue weighted by Crippen LogP contribution is 1.90. The van der Waals surface area contributed by atoms with Crippen molar-refractivity contribution in [3.63, 3.8) is 0 Å². The normalized spacial score (nSPS) is 18.8. The molecular formula is C8H19ClN2O. The van der Waals surface area contributed by atoms with Gasteiger partial charge in [-0.2, -0.15) is 0 Å². The third-order valence-corrected chi connectivity index (χ3v) is 1.97. The van der Waals surface area contributed by atoms with Crippen LogP contribution in [0.3, 0.4) is 0 Å². The Kier molecular flexibility index (Phi) is 7.91. The first kappa shape index (κ1) is 12.2. The molecule has 1 fully saturated rings. The van der Waals surface area contributed by atoms with Crippen molar-refractivity contribution in [1.29, 1.82) is 0 Å². The van der Waals surface area contributed by atoms with E-state index in [0.717, 1.165) is 32.8 Å². The van der Waals surface area contributed by atoms with Gasteiger partial charge in [0.05, 0.1) is 6.61 Å². The van der Waals surface area contributed by atoms with Gasteiger partial charge in [0.1, 0.15) is 0 Å². The lowest BCUT2D eigenvalue weighted by molar-refractivity contribution is 0.108. The number of nitrogens with one attached hydrogen (secondary N) is 1. The largest absolute Gasteiger partial charge is 0.380 e. The number of hydrogen-bond acceptors (Lipinski definition) is 3. The Balaban J connectivity index is 0.00000121. The Morgan fingerprint density at radius 1 is 1.33 bits per heavy atom. The minimum absolute atomic E-state index is 0. The molecule has 0 bridgehead atoms. The van der Waals surface area contributed by atoms with Gasteiger partial charge >= 0.3 is 0 Å². The first-order valence-electron chi connectivity index (χ1n) is 4.44. The fourth-order valence-electron chi connectivity index (χ4n) is 1.27. The fourth-order valence-corrected chi connectivity index (χ4v) is 1.27. The zero-order chi connectivity index (χ0) is 7.94. The van der Waals surface area contributed by atoms with E-state index in [9.17, 15) is 0 Å². The first-order chi connectivity index (χ1) is 5.43. The summed E-state index contributed by atoms with van der Waals surface area (Å²) in [4.78, 5) is 2.44. The predicted molar refractivity (Wildman–Crippen MR) is 53.1 cm³/mol. The SMILES string of the molecule is CCOCCN1CCNCC1.Cl. The molecule has 1 N–H and O–H groups in total. The molecule has 0 atom stereocenters. The number of ether oxygens (including phenoxy) is 1. The van der Waals surface area contributed by atoms with Gasteiger partial charge in [-0.1, -0.05) is 0 Å². The van der Waals surface area contributed by atoms with E-state index in [4.69, 9.17) is 4.74 Å². The minimum atomic E-state index is 0. The van der Waals surface area contributed by atoms with Crippen LogP contribution in [0, 0.1) is 0 Å². The predicted octanol–water partition coefficient (Wildman–Crippen LogP) is 0.350. The molecule has 4 heteroatoms. The molecule has 0 aromatic heterocycles. The van der Waals surface area contributed by atoms with Crippen LogP contribution in [0.4, 0.5) is 0 Å². The van der Waals surface area contributed by atoms with Crippen molar-refractivity contribution in [2.24, 2.45) is 0 Å². The molecule has 0 spiro atoms. The number of rotatable bonds is 4. The van der Waals surface area contributed by atoms with E-state index in [0.29, 0.717) is 0 Å². The summed E-state index contributed by atoms with van der Waals surface area (Å²) >= 11 is 0. The summed E-state index contributed by atoms with van der Waals surface area (Å²) in [7, 11) is 0. The topological polar surface area (TPSA) is 24.5 Å². The Labute approximate surface area is 80.9 Å². The minimum Gasteiger partial charge on any atom is -0.380 e. The van der Waals surface area contributed by atoms with Crippen LogP contribution in [0.5, 0.6) is 0 Å². The Morgan fingerprint density at radius 2 is 2.00 bits per heavy atom. The fraction of sp³-hybridized carbons (Fsp3) is 1.00. The monoisotopic (exact) mass is 194 g/mol. The molecular weight excluding hydrogens is 176 g/mol. The van der Waals surface area contributed by atoms with E-state index in [2.05, 4.69) is 10.2 Å². The molecule has 1 saturated heterocycles. The molecule has 1 aliphatic rings. The van der Waals surface area contributed by atoms with Crippen molar-refractivity contribution < 1.29 is 4.74 Å². The summed E-state index contributed by atoms with van der Waals surface area (Å²) in [6, 6.07) is 0. The van der Waals surface area contributed by atoms with Gasteiger partial charge in [-0.15, -0.1) is 12.4 Å². The van der Waals surface area contributed by atoms with E-state index in [1.54, 1.807) is 0 Å². The summed E-state index contributed by atoms with van der Waals surface area (Å²) in [6.45, 7) is 9.47. The van der Waals surface area contributed by atoms with Gasteiger partial charge in [0, 0.05) is 39.3 Å². The number of piperazine rings is 1. The molecule has 3 nitrogen and oxygen atoms in total. The zero-order valence-electron chi connectivity index (χ0n) is 7.71. The molecule has 0 aromatic rings. The number of nitrogens with zero attached hydrogens (tertiary/aromatic N) is 1. The van der Waals surface area contributed by atoms with Crippen LogP contribution >= 0.6 is 12.4 Å². The third kappa shape index (κ3) is 4.93. The zero-order valence-corrected chi connectivity index (χ0v) is 8.53. The van der Waals surface area contributed by atoms with Gasteiger partial charge < -0.3 is 10.1 Å². The van der Waals surface area contributed by atoms with Gasteiger partial charge in [0.25, 0.3) is 0 Å². The van der Waals surface area contributed by atoms with E-state index in [-0.39, 0.29) is 12.4 Å². The van der Waals surface area contributed by atoms with Gasteiger partial charge in [-0.3, -0.25) is 4.90 Å². The van der Waals surface area contributed by atoms with Crippen molar-refractivity contribution in [2.75, 3.05) is 45.9 Å². The van der Waals surface area contributed by atoms with E-state index in [1.165, 1.54) is 13.1 Å². The van der Waals surface area contributed by atoms with Gasteiger partial charge in [0.15, 0.2) is 0 Å². The van der Waals surface area contributed by atoms with Crippen molar-refractivity contribution >= 4 is 12.4 Å². The highest BCUT2D eigenvalue weighted by Gasteiger charge is 2.07. The van der Waals surface area contributed by atoms with Crippen LogP contribution in [-0.2, 0) is 4.74 Å². The second-order valence-corrected chi connectivity index (χ2v) is 2.79. The molecule has 0 aromatic carbocycles. The van der Waals surface area contributed by atoms with Crippen molar-refractivity contribution in [2.45, 2.75) is 6.92 Å². The van der Waals surface area contributed by atoms with Gasteiger partial charge in [0.2, 0.25) is 0 Å². The van der Waals surface area contributed by atoms with Crippen molar-refractivity contribution in [3.8, 4) is 0 Å². The second kappa shape index (κ2) is 7.80. The molecule has 74 valence electrons. The van der Waals surface area contributed by atoms with Crippen LogP contribution < -0.4 is 5.32 Å². The average Bonchev–Trinajstić information content (AvgIpc) is 2.07. The Morgan fingerprint density at radius 3 is 2.58 bits per heavy atom. The lowest BCUT2D eigenvalue weighted by atomic mass is 10.4. The quantitative estimate of drug-likeness (QED) is 0.654. The Hall–Kier alpha value is 0.170. The second-order valence-electron chi connectivity index (χ2n) is 2.79. The van der Waals surface area contributed by atoms with E-state index in [1.807, 2.05) is 6.92 Å². The smallest absolute Gasteiger partial charge is 0.0593 e. The average molecular weight is 195 g/mol. The summed E-state index contributed by atoms with van der Waals surface area (Å²) in [5, 5.41) is 3.32. The molecule has 1 heterocycles. The lowest BCUT2D eigenvalue weighted by Crippen LogP contribution is -2.44. The Bertz CT molecular complexity index is 97.1. The summed E-state index contributed by atoms with van der Waals surface area (Å²) in [6.07, 6.45) is 0. The number of hydrogen-bond donors (Lipinski definition) is 1. The highest BCUT2D eigenvalue weighted by atomic mass is 35.5. The molecule has 0 amide bonds. The molecule has 1 aliphatic heterocycles. The van der Waals surface area contributed by atoms with Crippen LogP contribution in [0.25, 0.3) is 0 Å². The summed E-state index contributed by atoms with van der Waals surface area (Å²) in [5.41, 5.74) is 0. The first-order valence-corrected chi connectivity index (χ1v) is 4.44.